The van der Waals surface area contributed by atoms with E-state index < -0.39 is 28.9 Å². The van der Waals surface area contributed by atoms with Crippen LogP contribution < -0.4 is 10.9 Å². The lowest BCUT2D eigenvalue weighted by Crippen LogP contribution is -2.21. The monoisotopic (exact) mass is 324 g/mol. The third kappa shape index (κ3) is 4.00. The van der Waals surface area contributed by atoms with Crippen LogP contribution in [0.15, 0.2) is 41.3 Å². The van der Waals surface area contributed by atoms with Gasteiger partial charge in [0.05, 0.1) is 5.56 Å². The van der Waals surface area contributed by atoms with Gasteiger partial charge in [-0.2, -0.15) is 13.2 Å². The van der Waals surface area contributed by atoms with Crippen LogP contribution in [0.3, 0.4) is 0 Å². The Balaban J connectivity index is 2.24. The Morgan fingerprint density at radius 3 is 2.30 bits per heavy atom. The molecule has 122 valence electrons. The number of benzene rings is 1. The SMILES string of the molecule is CC(C)c1ccc(C(=O)Nc2cc(C(F)(F)F)c[nH]c2=O)cc1. The lowest BCUT2D eigenvalue weighted by Gasteiger charge is -2.10. The molecule has 2 aromatic rings. The lowest BCUT2D eigenvalue weighted by atomic mass is 10.0. The molecule has 0 spiro atoms. The van der Waals surface area contributed by atoms with Crippen LogP contribution in [-0.4, -0.2) is 10.9 Å². The van der Waals surface area contributed by atoms with Crippen molar-refractivity contribution < 1.29 is 18.0 Å². The number of rotatable bonds is 3. The van der Waals surface area contributed by atoms with Crippen molar-refractivity contribution in [1.29, 1.82) is 0 Å². The molecule has 0 saturated carbocycles. The molecular weight excluding hydrogens is 309 g/mol. The summed E-state index contributed by atoms with van der Waals surface area (Å²) >= 11 is 0. The first-order valence-electron chi connectivity index (χ1n) is 6.89. The second-order valence-electron chi connectivity index (χ2n) is 5.36. The summed E-state index contributed by atoms with van der Waals surface area (Å²) in [6.45, 7) is 3.99. The molecule has 0 saturated heterocycles. The van der Waals surface area contributed by atoms with Gasteiger partial charge in [0.2, 0.25) is 0 Å². The molecule has 7 heteroatoms. The summed E-state index contributed by atoms with van der Waals surface area (Å²) in [5, 5.41) is 2.20. The van der Waals surface area contributed by atoms with Gasteiger partial charge in [-0.1, -0.05) is 26.0 Å². The summed E-state index contributed by atoms with van der Waals surface area (Å²) in [6.07, 6.45) is -4.04. The Bertz CT molecular complexity index is 762. The minimum absolute atomic E-state index is 0.256. The van der Waals surface area contributed by atoms with Gasteiger partial charge in [-0.25, -0.2) is 0 Å². The molecule has 0 radical (unpaired) electrons. The highest BCUT2D eigenvalue weighted by Gasteiger charge is 2.31. The number of hydrogen-bond acceptors (Lipinski definition) is 2. The Hall–Kier alpha value is -2.57. The van der Waals surface area contributed by atoms with Crippen LogP contribution >= 0.6 is 0 Å². The van der Waals surface area contributed by atoms with Crippen molar-refractivity contribution in [2.24, 2.45) is 0 Å². The number of H-pyrrole nitrogens is 1. The number of halogens is 3. The number of anilines is 1. The Morgan fingerprint density at radius 1 is 1.17 bits per heavy atom. The predicted molar refractivity (Wildman–Crippen MR) is 80.5 cm³/mol. The van der Waals surface area contributed by atoms with Crippen molar-refractivity contribution in [3.8, 4) is 0 Å². The van der Waals surface area contributed by atoms with Crippen LogP contribution in [0.25, 0.3) is 0 Å². The van der Waals surface area contributed by atoms with E-state index in [0.717, 1.165) is 5.56 Å². The summed E-state index contributed by atoms with van der Waals surface area (Å²) in [6, 6.07) is 7.25. The van der Waals surface area contributed by atoms with Gasteiger partial charge in [-0.15, -0.1) is 0 Å². The summed E-state index contributed by atoms with van der Waals surface area (Å²) < 4.78 is 37.9. The van der Waals surface area contributed by atoms with Gasteiger partial charge < -0.3 is 10.3 Å². The van der Waals surface area contributed by atoms with E-state index in [0.29, 0.717) is 18.2 Å². The maximum Gasteiger partial charge on any atom is 0.417 e. The quantitative estimate of drug-likeness (QED) is 0.903. The van der Waals surface area contributed by atoms with Crippen LogP contribution in [0.5, 0.6) is 0 Å². The van der Waals surface area contributed by atoms with E-state index in [-0.39, 0.29) is 5.56 Å². The number of alkyl halides is 3. The molecule has 0 aliphatic carbocycles. The second kappa shape index (κ2) is 6.28. The van der Waals surface area contributed by atoms with E-state index in [1.54, 1.807) is 24.3 Å². The summed E-state index contributed by atoms with van der Waals surface area (Å²) in [7, 11) is 0. The fourth-order valence-electron chi connectivity index (χ4n) is 1.95. The van der Waals surface area contributed by atoms with Crippen LogP contribution in [0.2, 0.25) is 0 Å². The zero-order valence-electron chi connectivity index (χ0n) is 12.5. The van der Waals surface area contributed by atoms with Gasteiger partial charge in [-0.05, 0) is 29.7 Å². The summed E-state index contributed by atoms with van der Waals surface area (Å²) in [4.78, 5) is 25.6. The Labute approximate surface area is 130 Å². The molecule has 1 aromatic carbocycles. The number of carbonyl (C=O) groups excluding carboxylic acids is 1. The largest absolute Gasteiger partial charge is 0.417 e. The molecule has 4 nitrogen and oxygen atoms in total. The topological polar surface area (TPSA) is 62.0 Å². The number of carbonyl (C=O) groups is 1. The molecule has 1 amide bonds. The number of aromatic nitrogens is 1. The molecule has 1 heterocycles. The normalized spacial score (nSPS) is 11.6. The van der Waals surface area contributed by atoms with Crippen molar-refractivity contribution in [1.82, 2.24) is 4.98 Å². The van der Waals surface area contributed by atoms with Gasteiger partial charge in [-0.3, -0.25) is 9.59 Å². The molecule has 2 N–H and O–H groups in total. The van der Waals surface area contributed by atoms with Crippen LogP contribution in [0.4, 0.5) is 18.9 Å². The number of pyridine rings is 1. The molecule has 1 aromatic heterocycles. The van der Waals surface area contributed by atoms with Gasteiger partial charge in [0.25, 0.3) is 11.5 Å². The average molecular weight is 324 g/mol. The average Bonchev–Trinajstić information content (AvgIpc) is 2.48. The molecular formula is C16H15F3N2O2. The van der Waals surface area contributed by atoms with Crippen LogP contribution in [0, 0.1) is 0 Å². The van der Waals surface area contributed by atoms with Crippen molar-refractivity contribution in [2.45, 2.75) is 25.9 Å². The minimum atomic E-state index is -4.61. The summed E-state index contributed by atoms with van der Waals surface area (Å²) in [5.74, 6) is -0.358. The predicted octanol–water partition coefficient (Wildman–Crippen LogP) is 3.77. The second-order valence-corrected chi connectivity index (χ2v) is 5.36. The highest BCUT2D eigenvalue weighted by molar-refractivity contribution is 6.04. The number of amides is 1. The van der Waals surface area contributed by atoms with Gasteiger partial charge in [0.15, 0.2) is 0 Å². The van der Waals surface area contributed by atoms with Crippen molar-refractivity contribution >= 4 is 11.6 Å². The molecule has 0 fully saturated rings. The van der Waals surface area contributed by atoms with E-state index in [1.807, 2.05) is 18.8 Å². The smallest absolute Gasteiger partial charge is 0.327 e. The van der Waals surface area contributed by atoms with Crippen LogP contribution in [-0.2, 0) is 6.18 Å². The van der Waals surface area contributed by atoms with Crippen molar-refractivity contribution in [3.05, 3.63) is 63.6 Å². The van der Waals surface area contributed by atoms with Gasteiger partial charge in [0, 0.05) is 11.8 Å². The zero-order chi connectivity index (χ0) is 17.2. The van der Waals surface area contributed by atoms with Crippen LogP contribution in [0.1, 0.15) is 41.3 Å². The molecule has 0 aliphatic heterocycles. The first-order valence-corrected chi connectivity index (χ1v) is 6.89. The Morgan fingerprint density at radius 2 is 1.78 bits per heavy atom. The fraction of sp³-hybridized carbons (Fsp3) is 0.250. The van der Waals surface area contributed by atoms with Gasteiger partial charge >= 0.3 is 6.18 Å². The molecule has 23 heavy (non-hydrogen) atoms. The van der Waals surface area contributed by atoms with E-state index in [9.17, 15) is 22.8 Å². The summed E-state index contributed by atoms with van der Waals surface area (Å²) in [5.41, 5.74) is -1.00. The van der Waals surface area contributed by atoms with E-state index in [2.05, 4.69) is 5.32 Å². The third-order valence-electron chi connectivity index (χ3n) is 3.32. The maximum absolute atomic E-state index is 12.6. The molecule has 0 bridgehead atoms. The zero-order valence-corrected chi connectivity index (χ0v) is 12.5. The first kappa shape index (κ1) is 16.8. The maximum atomic E-state index is 12.6. The number of hydrogen-bond donors (Lipinski definition) is 2. The highest BCUT2D eigenvalue weighted by Crippen LogP contribution is 2.29. The van der Waals surface area contributed by atoms with Crippen molar-refractivity contribution in [2.75, 3.05) is 5.32 Å². The minimum Gasteiger partial charge on any atom is -0.327 e. The first-order chi connectivity index (χ1) is 10.7. The molecule has 0 aliphatic rings. The Kier molecular flexibility index (Phi) is 4.58. The van der Waals surface area contributed by atoms with E-state index in [1.165, 1.54) is 0 Å². The van der Waals surface area contributed by atoms with E-state index in [4.69, 9.17) is 0 Å². The molecule has 2 rings (SSSR count). The number of aromatic amines is 1. The van der Waals surface area contributed by atoms with Crippen molar-refractivity contribution in [3.63, 3.8) is 0 Å². The third-order valence-corrected chi connectivity index (χ3v) is 3.32. The standard InChI is InChI=1S/C16H15F3N2O2/c1-9(2)10-3-5-11(6-4-10)14(22)21-13-7-12(16(17,18)19)8-20-15(13)23/h3-9H,1-2H3,(H,20,23)(H,21,22). The number of nitrogens with one attached hydrogen (secondary N) is 2. The highest BCUT2D eigenvalue weighted by atomic mass is 19.4. The molecule has 0 unspecified atom stereocenters. The van der Waals surface area contributed by atoms with E-state index >= 15 is 0 Å². The fourth-order valence-corrected chi connectivity index (χ4v) is 1.95. The molecule has 0 atom stereocenters. The van der Waals surface area contributed by atoms with Gasteiger partial charge in [0.1, 0.15) is 5.69 Å². The lowest BCUT2D eigenvalue weighted by molar-refractivity contribution is -0.137.